The normalized spacial score (nSPS) is 16.1. The van der Waals surface area contributed by atoms with Crippen molar-refractivity contribution >= 4 is 15.9 Å². The number of benzene rings is 1. The van der Waals surface area contributed by atoms with E-state index in [9.17, 15) is 17.6 Å². The Hall–Kier alpha value is -1.55. The van der Waals surface area contributed by atoms with Gasteiger partial charge in [-0.1, -0.05) is 0 Å². The van der Waals surface area contributed by atoms with Gasteiger partial charge in [0, 0.05) is 44.8 Å². The molecule has 1 amide bonds. The number of hydrogen-bond acceptors (Lipinski definition) is 5. The highest BCUT2D eigenvalue weighted by molar-refractivity contribution is 7.88. The van der Waals surface area contributed by atoms with E-state index >= 15 is 0 Å². The summed E-state index contributed by atoms with van der Waals surface area (Å²) in [5, 5.41) is 2.66. The number of amides is 1. The Labute approximate surface area is 147 Å². The number of ether oxygens (including phenoxy) is 1. The molecule has 0 atom stereocenters. The molecular weight excluding hydrogens is 349 g/mol. The highest BCUT2D eigenvalue weighted by atomic mass is 32.2. The van der Waals surface area contributed by atoms with E-state index in [-0.39, 0.29) is 19.0 Å². The Balaban J connectivity index is 1.81. The van der Waals surface area contributed by atoms with Gasteiger partial charge in [0.2, 0.25) is 10.0 Å². The van der Waals surface area contributed by atoms with Crippen molar-refractivity contribution in [1.82, 2.24) is 14.5 Å². The molecule has 1 aliphatic heterocycles. The fourth-order valence-corrected chi connectivity index (χ4v) is 3.35. The van der Waals surface area contributed by atoms with Crippen molar-refractivity contribution < 1.29 is 22.3 Å². The van der Waals surface area contributed by atoms with Gasteiger partial charge in [0.05, 0.1) is 19.5 Å². The fourth-order valence-electron chi connectivity index (χ4n) is 2.52. The van der Waals surface area contributed by atoms with E-state index in [0.29, 0.717) is 31.9 Å². The predicted octanol–water partition coefficient (Wildman–Crippen LogP) is 0.149. The lowest BCUT2D eigenvalue weighted by Gasteiger charge is -2.29. The molecule has 1 saturated heterocycles. The second-order valence-corrected chi connectivity index (χ2v) is 7.86. The van der Waals surface area contributed by atoms with Gasteiger partial charge in [0.15, 0.2) is 0 Å². The van der Waals surface area contributed by atoms with Crippen LogP contribution in [0.4, 0.5) is 4.39 Å². The first-order valence-corrected chi connectivity index (χ1v) is 10.00. The van der Waals surface area contributed by atoms with Gasteiger partial charge in [0.25, 0.3) is 5.91 Å². The largest absolute Gasteiger partial charge is 0.379 e. The lowest BCUT2D eigenvalue weighted by molar-refractivity contribution is 0.0363. The maximum atomic E-state index is 12.9. The lowest BCUT2D eigenvalue weighted by atomic mass is 10.2. The van der Waals surface area contributed by atoms with Gasteiger partial charge in [-0.15, -0.1) is 0 Å². The molecule has 1 aliphatic rings. The maximum absolute atomic E-state index is 12.9. The topological polar surface area (TPSA) is 79.0 Å². The first-order chi connectivity index (χ1) is 11.9. The van der Waals surface area contributed by atoms with E-state index in [1.165, 1.54) is 28.6 Å². The van der Waals surface area contributed by atoms with Crippen molar-refractivity contribution in [1.29, 1.82) is 0 Å². The molecule has 2 rings (SSSR count). The third-order valence-corrected chi connectivity index (χ3v) is 5.29. The zero-order chi connectivity index (χ0) is 18.3. The molecule has 9 heteroatoms. The molecule has 0 bridgehead atoms. The Morgan fingerprint density at radius 2 is 1.88 bits per heavy atom. The Bertz CT molecular complexity index is 660. The van der Waals surface area contributed by atoms with Crippen LogP contribution in [0.15, 0.2) is 24.3 Å². The van der Waals surface area contributed by atoms with Crippen molar-refractivity contribution in [3.63, 3.8) is 0 Å². The molecule has 0 aromatic heterocycles. The van der Waals surface area contributed by atoms with Gasteiger partial charge in [-0.05, 0) is 24.3 Å². The van der Waals surface area contributed by atoms with Crippen molar-refractivity contribution in [2.75, 3.05) is 58.7 Å². The molecule has 1 fully saturated rings. The van der Waals surface area contributed by atoms with Crippen LogP contribution in [0.2, 0.25) is 0 Å². The van der Waals surface area contributed by atoms with Gasteiger partial charge in [-0.25, -0.2) is 12.8 Å². The van der Waals surface area contributed by atoms with E-state index in [1.54, 1.807) is 0 Å². The summed E-state index contributed by atoms with van der Waals surface area (Å²) < 4.78 is 43.3. The molecule has 1 N–H and O–H groups in total. The van der Waals surface area contributed by atoms with Crippen LogP contribution in [-0.2, 0) is 14.8 Å². The molecule has 1 aromatic carbocycles. The van der Waals surface area contributed by atoms with E-state index in [4.69, 9.17) is 4.74 Å². The number of hydrogen-bond donors (Lipinski definition) is 1. The van der Waals surface area contributed by atoms with E-state index in [0.717, 1.165) is 19.3 Å². The van der Waals surface area contributed by atoms with Crippen molar-refractivity contribution in [2.24, 2.45) is 0 Å². The summed E-state index contributed by atoms with van der Waals surface area (Å²) in [6.07, 6.45) is 1.16. The molecule has 1 heterocycles. The number of halogens is 1. The molecule has 0 unspecified atom stereocenters. The molecular formula is C16H24FN3O4S. The number of carbonyl (C=O) groups excluding carboxylic acids is 1. The number of morpholine rings is 1. The highest BCUT2D eigenvalue weighted by Gasteiger charge is 2.19. The van der Waals surface area contributed by atoms with Crippen LogP contribution in [-0.4, -0.2) is 82.3 Å². The summed E-state index contributed by atoms with van der Waals surface area (Å²) in [7, 11) is -3.36. The minimum atomic E-state index is -3.36. The number of rotatable bonds is 8. The second-order valence-electron chi connectivity index (χ2n) is 5.88. The second kappa shape index (κ2) is 9.23. The van der Waals surface area contributed by atoms with E-state index in [2.05, 4.69) is 10.2 Å². The van der Waals surface area contributed by atoms with Crippen LogP contribution in [0.3, 0.4) is 0 Å². The molecule has 0 saturated carbocycles. The zero-order valence-electron chi connectivity index (χ0n) is 14.3. The van der Waals surface area contributed by atoms with Gasteiger partial charge in [-0.2, -0.15) is 4.31 Å². The van der Waals surface area contributed by atoms with Crippen LogP contribution >= 0.6 is 0 Å². The van der Waals surface area contributed by atoms with Crippen LogP contribution in [0.25, 0.3) is 0 Å². The molecule has 0 spiro atoms. The van der Waals surface area contributed by atoms with Gasteiger partial charge in [0.1, 0.15) is 5.82 Å². The van der Waals surface area contributed by atoms with Crippen LogP contribution in [0.1, 0.15) is 10.4 Å². The van der Waals surface area contributed by atoms with Crippen LogP contribution in [0, 0.1) is 5.82 Å². The Kier molecular flexibility index (Phi) is 7.30. The summed E-state index contributed by atoms with van der Waals surface area (Å²) in [5.74, 6) is -0.774. The zero-order valence-corrected chi connectivity index (χ0v) is 15.1. The fraction of sp³-hybridized carbons (Fsp3) is 0.562. The average molecular weight is 373 g/mol. The number of nitrogens with one attached hydrogen (secondary N) is 1. The smallest absolute Gasteiger partial charge is 0.251 e. The first-order valence-electron chi connectivity index (χ1n) is 8.15. The molecule has 140 valence electrons. The molecule has 0 aliphatic carbocycles. The number of carbonyl (C=O) groups is 1. The van der Waals surface area contributed by atoms with Gasteiger partial charge < -0.3 is 10.1 Å². The van der Waals surface area contributed by atoms with Crippen molar-refractivity contribution in [2.45, 2.75) is 0 Å². The van der Waals surface area contributed by atoms with Gasteiger partial charge >= 0.3 is 0 Å². The maximum Gasteiger partial charge on any atom is 0.251 e. The summed E-state index contributed by atoms with van der Waals surface area (Å²) in [5.41, 5.74) is 0.334. The predicted molar refractivity (Wildman–Crippen MR) is 92.4 cm³/mol. The lowest BCUT2D eigenvalue weighted by Crippen LogP contribution is -2.44. The quantitative estimate of drug-likeness (QED) is 0.702. The van der Waals surface area contributed by atoms with Gasteiger partial charge in [-0.3, -0.25) is 9.69 Å². The number of nitrogens with zero attached hydrogens (tertiary/aromatic N) is 2. The molecule has 1 aromatic rings. The molecule has 7 nitrogen and oxygen atoms in total. The van der Waals surface area contributed by atoms with Crippen molar-refractivity contribution in [3.8, 4) is 0 Å². The van der Waals surface area contributed by atoms with Crippen LogP contribution < -0.4 is 5.32 Å². The first kappa shape index (κ1) is 19.8. The third kappa shape index (κ3) is 6.69. The SMILES string of the molecule is CS(=O)(=O)N(CCNC(=O)c1ccc(F)cc1)CCN1CCOCC1. The third-order valence-electron chi connectivity index (χ3n) is 3.99. The number of sulfonamides is 1. The summed E-state index contributed by atoms with van der Waals surface area (Å²) in [6.45, 7) is 4.27. The minimum absolute atomic E-state index is 0.187. The summed E-state index contributed by atoms with van der Waals surface area (Å²) in [6, 6.07) is 5.19. The minimum Gasteiger partial charge on any atom is -0.379 e. The average Bonchev–Trinajstić information content (AvgIpc) is 2.58. The summed E-state index contributed by atoms with van der Waals surface area (Å²) >= 11 is 0. The van der Waals surface area contributed by atoms with E-state index < -0.39 is 15.8 Å². The van der Waals surface area contributed by atoms with Crippen molar-refractivity contribution in [3.05, 3.63) is 35.6 Å². The van der Waals surface area contributed by atoms with E-state index in [1.807, 2.05) is 0 Å². The summed E-state index contributed by atoms with van der Waals surface area (Å²) in [4.78, 5) is 14.1. The standard InChI is InChI=1S/C16H24FN3O4S/c1-25(22,23)20(9-8-19-10-12-24-13-11-19)7-6-18-16(21)14-2-4-15(17)5-3-14/h2-5H,6-13H2,1H3,(H,18,21). The Morgan fingerprint density at radius 1 is 1.24 bits per heavy atom. The highest BCUT2D eigenvalue weighted by Crippen LogP contribution is 2.03. The molecule has 0 radical (unpaired) electrons. The monoisotopic (exact) mass is 373 g/mol. The Morgan fingerprint density at radius 3 is 2.48 bits per heavy atom. The molecule has 25 heavy (non-hydrogen) atoms. The van der Waals surface area contributed by atoms with Crippen LogP contribution in [0.5, 0.6) is 0 Å².